The molecule has 0 aliphatic carbocycles. The normalized spacial score (nSPS) is 17.7. The van der Waals surface area contributed by atoms with Gasteiger partial charge in [0.1, 0.15) is 12.5 Å². The maximum absolute atomic E-state index is 11.3. The van der Waals surface area contributed by atoms with Crippen molar-refractivity contribution in [2.24, 2.45) is 0 Å². The van der Waals surface area contributed by atoms with Crippen LogP contribution in [0.15, 0.2) is 6.26 Å². The molecule has 0 atom stereocenters. The van der Waals surface area contributed by atoms with Gasteiger partial charge in [-0.2, -0.15) is 4.84 Å². The lowest BCUT2D eigenvalue weighted by molar-refractivity contribution is -0.408. The van der Waals surface area contributed by atoms with Crippen LogP contribution in [0, 0.1) is 6.20 Å². The minimum atomic E-state index is -4.67. The summed E-state index contributed by atoms with van der Waals surface area (Å²) in [5.41, 5.74) is 0. The van der Waals surface area contributed by atoms with Gasteiger partial charge in [-0.1, -0.05) is 0 Å². The molecule has 1 rings (SSSR count). The SMILES string of the molecule is FC(F)(F)ON1[C]=COC1. The molecule has 0 unspecified atom stereocenters. The Hall–Kier alpha value is -0.910. The molecule has 0 saturated carbocycles. The van der Waals surface area contributed by atoms with Gasteiger partial charge >= 0.3 is 6.36 Å². The third-order valence-electron chi connectivity index (χ3n) is 0.686. The van der Waals surface area contributed by atoms with Crippen LogP contribution in [-0.2, 0) is 9.57 Å². The van der Waals surface area contributed by atoms with Crippen molar-refractivity contribution in [1.29, 1.82) is 0 Å². The van der Waals surface area contributed by atoms with Crippen molar-refractivity contribution in [2.45, 2.75) is 6.36 Å². The van der Waals surface area contributed by atoms with Crippen LogP contribution < -0.4 is 0 Å². The maximum Gasteiger partial charge on any atom is 0.544 e. The number of halogens is 3. The van der Waals surface area contributed by atoms with E-state index in [1.54, 1.807) is 0 Å². The zero-order valence-corrected chi connectivity index (χ0v) is 4.68. The largest absolute Gasteiger partial charge is 0.544 e. The lowest BCUT2D eigenvalue weighted by atomic mass is 11.0. The van der Waals surface area contributed by atoms with Gasteiger partial charge in [-0.3, -0.25) is 0 Å². The van der Waals surface area contributed by atoms with E-state index in [1.165, 1.54) is 0 Å². The van der Waals surface area contributed by atoms with Crippen molar-refractivity contribution in [1.82, 2.24) is 5.06 Å². The third-order valence-corrected chi connectivity index (χ3v) is 0.686. The van der Waals surface area contributed by atoms with Gasteiger partial charge in [0.25, 0.3) is 0 Å². The number of hydroxylamine groups is 2. The Morgan fingerprint density at radius 2 is 2.30 bits per heavy atom. The number of rotatable bonds is 1. The maximum atomic E-state index is 11.3. The van der Waals surface area contributed by atoms with Gasteiger partial charge in [0.2, 0.25) is 0 Å². The first-order chi connectivity index (χ1) is 4.58. The first-order valence-corrected chi connectivity index (χ1v) is 2.31. The smallest absolute Gasteiger partial charge is 0.476 e. The molecular formula is C4H3F3NO2. The highest BCUT2D eigenvalue weighted by molar-refractivity contribution is 4.64. The minimum absolute atomic E-state index is 0.278. The monoisotopic (exact) mass is 154 g/mol. The number of hydrogen-bond acceptors (Lipinski definition) is 3. The minimum Gasteiger partial charge on any atom is -0.476 e. The summed E-state index contributed by atoms with van der Waals surface area (Å²) < 4.78 is 38.4. The van der Waals surface area contributed by atoms with E-state index in [1.807, 2.05) is 0 Å². The summed E-state index contributed by atoms with van der Waals surface area (Å²) in [4.78, 5) is 3.36. The van der Waals surface area contributed by atoms with Gasteiger partial charge < -0.3 is 4.74 Å². The molecule has 3 nitrogen and oxygen atoms in total. The Balaban J connectivity index is 2.31. The molecule has 0 amide bonds. The third kappa shape index (κ3) is 2.14. The Morgan fingerprint density at radius 3 is 2.70 bits per heavy atom. The van der Waals surface area contributed by atoms with Gasteiger partial charge in [0.15, 0.2) is 6.73 Å². The standard InChI is InChI=1S/C4H3F3NO2/c5-4(6,7)10-8-1-2-9-3-8/h2H,3H2. The van der Waals surface area contributed by atoms with E-state index in [0.717, 1.165) is 6.26 Å². The van der Waals surface area contributed by atoms with Crippen LogP contribution in [0.5, 0.6) is 0 Å². The molecule has 1 heterocycles. The van der Waals surface area contributed by atoms with Gasteiger partial charge in [-0.05, 0) is 0 Å². The summed E-state index contributed by atoms with van der Waals surface area (Å²) in [6.45, 7) is -0.278. The Morgan fingerprint density at radius 1 is 1.60 bits per heavy atom. The van der Waals surface area contributed by atoms with E-state index in [9.17, 15) is 13.2 Å². The van der Waals surface area contributed by atoms with Crippen LogP contribution >= 0.6 is 0 Å². The van der Waals surface area contributed by atoms with Gasteiger partial charge in [0, 0.05) is 0 Å². The summed E-state index contributed by atoms with van der Waals surface area (Å²) in [5.74, 6) is 0. The lowest BCUT2D eigenvalue weighted by Crippen LogP contribution is -2.26. The van der Waals surface area contributed by atoms with Gasteiger partial charge in [0.05, 0.1) is 0 Å². The number of nitrogens with zero attached hydrogens (tertiary/aromatic N) is 1. The van der Waals surface area contributed by atoms with Crippen molar-refractivity contribution in [3.8, 4) is 0 Å². The summed E-state index contributed by atoms with van der Waals surface area (Å²) in [6.07, 6.45) is -1.62. The predicted molar refractivity (Wildman–Crippen MR) is 22.7 cm³/mol. The van der Waals surface area contributed by atoms with Crippen LogP contribution in [0.3, 0.4) is 0 Å². The second-order valence-corrected chi connectivity index (χ2v) is 1.46. The van der Waals surface area contributed by atoms with Crippen molar-refractivity contribution in [2.75, 3.05) is 6.73 Å². The zero-order valence-electron chi connectivity index (χ0n) is 4.68. The van der Waals surface area contributed by atoms with Crippen LogP contribution in [0.25, 0.3) is 0 Å². The molecule has 0 bridgehead atoms. The molecule has 0 N–H and O–H groups in total. The highest BCUT2D eigenvalue weighted by Crippen LogP contribution is 2.19. The van der Waals surface area contributed by atoms with Gasteiger partial charge in [-0.25, -0.2) is 5.06 Å². The molecule has 0 aromatic heterocycles. The molecule has 1 radical (unpaired) electrons. The fraction of sp³-hybridized carbons (Fsp3) is 0.500. The van der Waals surface area contributed by atoms with Crippen LogP contribution in [0.4, 0.5) is 13.2 Å². The molecule has 0 aromatic carbocycles. The highest BCUT2D eigenvalue weighted by atomic mass is 19.4. The van der Waals surface area contributed by atoms with Crippen LogP contribution in [-0.4, -0.2) is 18.2 Å². The molecule has 57 valence electrons. The Labute approximate surface area is 54.6 Å². The Bertz CT molecular complexity index is 144. The van der Waals surface area contributed by atoms with E-state index in [-0.39, 0.29) is 6.73 Å². The van der Waals surface area contributed by atoms with E-state index >= 15 is 0 Å². The van der Waals surface area contributed by atoms with Crippen LogP contribution in [0.2, 0.25) is 0 Å². The number of ether oxygens (including phenoxy) is 1. The van der Waals surface area contributed by atoms with Gasteiger partial charge in [-0.15, -0.1) is 13.2 Å². The van der Waals surface area contributed by atoms with E-state index in [0.29, 0.717) is 5.06 Å². The average Bonchev–Trinajstić information content (AvgIpc) is 2.12. The van der Waals surface area contributed by atoms with Crippen molar-refractivity contribution < 1.29 is 22.7 Å². The molecular weight excluding hydrogens is 151 g/mol. The number of hydrogen-bond donors (Lipinski definition) is 0. The highest BCUT2D eigenvalue weighted by Gasteiger charge is 2.33. The van der Waals surface area contributed by atoms with E-state index in [2.05, 4.69) is 15.8 Å². The molecule has 10 heavy (non-hydrogen) atoms. The quantitative estimate of drug-likeness (QED) is 0.562. The molecule has 0 saturated heterocycles. The first kappa shape index (κ1) is 7.20. The summed E-state index contributed by atoms with van der Waals surface area (Å²) in [5, 5.41) is 0.417. The first-order valence-electron chi connectivity index (χ1n) is 2.31. The average molecular weight is 154 g/mol. The summed E-state index contributed by atoms with van der Waals surface area (Å²) in [6, 6.07) is 0. The fourth-order valence-corrected chi connectivity index (χ4v) is 0.416. The summed E-state index contributed by atoms with van der Waals surface area (Å²) >= 11 is 0. The molecule has 6 heteroatoms. The fourth-order valence-electron chi connectivity index (χ4n) is 0.416. The molecule has 0 fully saturated rings. The molecule has 0 spiro atoms. The van der Waals surface area contributed by atoms with Crippen LogP contribution in [0.1, 0.15) is 0 Å². The zero-order chi connectivity index (χ0) is 7.61. The number of alkyl halides is 3. The summed E-state index contributed by atoms with van der Waals surface area (Å²) in [7, 11) is 0. The van der Waals surface area contributed by atoms with E-state index in [4.69, 9.17) is 0 Å². The van der Waals surface area contributed by atoms with Crippen molar-refractivity contribution in [3.05, 3.63) is 12.5 Å². The molecule has 1 aliphatic rings. The Kier molecular flexibility index (Phi) is 1.71. The van der Waals surface area contributed by atoms with E-state index < -0.39 is 6.36 Å². The lowest BCUT2D eigenvalue weighted by Gasteiger charge is -2.13. The molecule has 1 aliphatic heterocycles. The molecule has 0 aromatic rings. The van der Waals surface area contributed by atoms with Crippen molar-refractivity contribution >= 4 is 0 Å². The van der Waals surface area contributed by atoms with Crippen molar-refractivity contribution in [3.63, 3.8) is 0 Å². The second-order valence-electron chi connectivity index (χ2n) is 1.46. The topological polar surface area (TPSA) is 21.7 Å². The second kappa shape index (κ2) is 2.37. The predicted octanol–water partition coefficient (Wildman–Crippen LogP) is 1.00.